The third-order valence-electron chi connectivity index (χ3n) is 5.17. The number of carbonyl (C=O) groups excluding carboxylic acids is 2. The van der Waals surface area contributed by atoms with Gasteiger partial charge in [-0.2, -0.15) is 18.4 Å². The Morgan fingerprint density at radius 1 is 1.07 bits per heavy atom. The molecule has 3 heterocycles. The molecule has 0 saturated carbocycles. The Hall–Kier alpha value is -2.83. The van der Waals surface area contributed by atoms with Crippen molar-refractivity contribution < 1.29 is 22.8 Å². The molecule has 2 saturated heterocycles. The van der Waals surface area contributed by atoms with Crippen LogP contribution in [-0.4, -0.2) is 72.0 Å². The SMILES string of the molecule is N#Cc1cccnc1N1CCN(C(=O)C2CCN(C(=O)C(F)(F)F)CC2)CC1. The van der Waals surface area contributed by atoms with Gasteiger partial charge in [0.2, 0.25) is 5.91 Å². The van der Waals surface area contributed by atoms with E-state index in [-0.39, 0.29) is 37.8 Å². The summed E-state index contributed by atoms with van der Waals surface area (Å²) >= 11 is 0. The summed E-state index contributed by atoms with van der Waals surface area (Å²) in [6.45, 7) is 1.86. The van der Waals surface area contributed by atoms with Crippen LogP contribution in [0.15, 0.2) is 18.3 Å². The Kier molecular flexibility index (Phi) is 5.72. The monoisotopic (exact) mass is 395 g/mol. The maximum atomic E-state index is 12.7. The number of piperidine rings is 1. The molecule has 0 bridgehead atoms. The fourth-order valence-corrected chi connectivity index (χ4v) is 3.64. The lowest BCUT2D eigenvalue weighted by Crippen LogP contribution is -2.53. The highest BCUT2D eigenvalue weighted by atomic mass is 19.4. The van der Waals surface area contributed by atoms with Gasteiger partial charge in [-0.1, -0.05) is 0 Å². The molecule has 2 fully saturated rings. The number of nitrogens with zero attached hydrogens (tertiary/aromatic N) is 5. The molecule has 0 atom stereocenters. The zero-order chi connectivity index (χ0) is 20.3. The maximum absolute atomic E-state index is 12.7. The normalized spacial score (nSPS) is 18.7. The number of pyridine rings is 1. The molecule has 3 rings (SSSR count). The van der Waals surface area contributed by atoms with E-state index in [2.05, 4.69) is 11.1 Å². The Morgan fingerprint density at radius 3 is 2.29 bits per heavy atom. The first kappa shape index (κ1) is 19.9. The minimum atomic E-state index is -4.87. The minimum Gasteiger partial charge on any atom is -0.352 e. The van der Waals surface area contributed by atoms with E-state index >= 15 is 0 Å². The summed E-state index contributed by atoms with van der Waals surface area (Å²) in [5, 5.41) is 9.19. The number of hydrogen-bond acceptors (Lipinski definition) is 5. The third-order valence-corrected chi connectivity index (χ3v) is 5.17. The molecule has 2 aliphatic rings. The average Bonchev–Trinajstić information content (AvgIpc) is 2.72. The van der Waals surface area contributed by atoms with Crippen LogP contribution in [-0.2, 0) is 9.59 Å². The van der Waals surface area contributed by atoms with Gasteiger partial charge in [-0.3, -0.25) is 9.59 Å². The molecule has 0 aliphatic carbocycles. The fourth-order valence-electron chi connectivity index (χ4n) is 3.64. The number of carbonyl (C=O) groups is 2. The largest absolute Gasteiger partial charge is 0.471 e. The molecule has 28 heavy (non-hydrogen) atoms. The number of piperazine rings is 1. The molecule has 0 radical (unpaired) electrons. The molecular weight excluding hydrogens is 375 g/mol. The van der Waals surface area contributed by atoms with E-state index in [0.29, 0.717) is 37.6 Å². The number of alkyl halides is 3. The fraction of sp³-hybridized carbons (Fsp3) is 0.556. The van der Waals surface area contributed by atoms with Crippen LogP contribution in [0.4, 0.5) is 19.0 Å². The van der Waals surface area contributed by atoms with Crippen molar-refractivity contribution in [2.75, 3.05) is 44.2 Å². The van der Waals surface area contributed by atoms with Gasteiger partial charge >= 0.3 is 12.1 Å². The van der Waals surface area contributed by atoms with Crippen LogP contribution in [0.5, 0.6) is 0 Å². The number of nitriles is 1. The second-order valence-electron chi connectivity index (χ2n) is 6.86. The van der Waals surface area contributed by atoms with Crippen LogP contribution in [0.1, 0.15) is 18.4 Å². The number of rotatable bonds is 2. The topological polar surface area (TPSA) is 80.5 Å². The van der Waals surface area contributed by atoms with E-state index in [1.165, 1.54) is 0 Å². The lowest BCUT2D eigenvalue weighted by atomic mass is 9.95. The zero-order valence-corrected chi connectivity index (χ0v) is 15.2. The van der Waals surface area contributed by atoms with Crippen molar-refractivity contribution in [1.29, 1.82) is 5.26 Å². The Morgan fingerprint density at radius 2 is 1.71 bits per heavy atom. The number of aromatic nitrogens is 1. The molecule has 0 unspecified atom stereocenters. The van der Waals surface area contributed by atoms with Gasteiger partial charge in [0.1, 0.15) is 11.9 Å². The predicted molar refractivity (Wildman–Crippen MR) is 93.1 cm³/mol. The molecule has 10 heteroatoms. The molecule has 150 valence electrons. The molecule has 2 amide bonds. The Labute approximate surface area is 160 Å². The lowest BCUT2D eigenvalue weighted by Gasteiger charge is -2.39. The van der Waals surface area contributed by atoms with Gasteiger partial charge in [-0.25, -0.2) is 4.98 Å². The van der Waals surface area contributed by atoms with Crippen LogP contribution < -0.4 is 4.90 Å². The van der Waals surface area contributed by atoms with Crippen LogP contribution in [0.2, 0.25) is 0 Å². The number of halogens is 3. The number of amides is 2. The maximum Gasteiger partial charge on any atom is 0.471 e. The zero-order valence-electron chi connectivity index (χ0n) is 15.2. The van der Waals surface area contributed by atoms with E-state index in [0.717, 1.165) is 4.90 Å². The van der Waals surface area contributed by atoms with E-state index in [4.69, 9.17) is 0 Å². The lowest BCUT2D eigenvalue weighted by molar-refractivity contribution is -0.187. The molecule has 1 aromatic rings. The second-order valence-corrected chi connectivity index (χ2v) is 6.86. The quantitative estimate of drug-likeness (QED) is 0.756. The number of hydrogen-bond donors (Lipinski definition) is 0. The van der Waals surface area contributed by atoms with Crippen LogP contribution >= 0.6 is 0 Å². The van der Waals surface area contributed by atoms with Crippen LogP contribution in [0, 0.1) is 17.2 Å². The van der Waals surface area contributed by atoms with E-state index in [1.807, 2.05) is 4.90 Å². The second kappa shape index (κ2) is 8.04. The first-order valence-corrected chi connectivity index (χ1v) is 9.06. The molecule has 1 aromatic heterocycles. The summed E-state index contributed by atoms with van der Waals surface area (Å²) < 4.78 is 37.5. The first-order valence-electron chi connectivity index (χ1n) is 9.06. The summed E-state index contributed by atoms with van der Waals surface area (Å²) in [6, 6.07) is 5.49. The molecular formula is C18H20F3N5O2. The van der Waals surface area contributed by atoms with E-state index in [1.54, 1.807) is 23.2 Å². The summed E-state index contributed by atoms with van der Waals surface area (Å²) in [4.78, 5) is 32.7. The highest BCUT2D eigenvalue weighted by molar-refractivity contribution is 5.83. The first-order chi connectivity index (χ1) is 13.3. The van der Waals surface area contributed by atoms with Crippen LogP contribution in [0.3, 0.4) is 0 Å². The Balaban J connectivity index is 1.52. The van der Waals surface area contributed by atoms with Crippen molar-refractivity contribution in [1.82, 2.24) is 14.8 Å². The average molecular weight is 395 g/mol. The van der Waals surface area contributed by atoms with E-state index in [9.17, 15) is 28.0 Å². The summed E-state index contributed by atoms with van der Waals surface area (Å²) in [7, 11) is 0. The minimum absolute atomic E-state index is 0.0613. The Bertz CT molecular complexity index is 776. The summed E-state index contributed by atoms with van der Waals surface area (Å²) in [6.07, 6.45) is -2.79. The highest BCUT2D eigenvalue weighted by Gasteiger charge is 2.44. The number of likely N-dealkylation sites (tertiary alicyclic amines) is 1. The van der Waals surface area contributed by atoms with Gasteiger partial charge in [0.25, 0.3) is 0 Å². The van der Waals surface area contributed by atoms with Crippen molar-refractivity contribution >= 4 is 17.6 Å². The van der Waals surface area contributed by atoms with Gasteiger partial charge in [0.15, 0.2) is 0 Å². The number of anilines is 1. The molecule has 0 aromatic carbocycles. The van der Waals surface area contributed by atoms with Crippen LogP contribution in [0.25, 0.3) is 0 Å². The van der Waals surface area contributed by atoms with E-state index < -0.39 is 12.1 Å². The van der Waals surface area contributed by atoms with Gasteiger partial charge in [-0.05, 0) is 25.0 Å². The third kappa shape index (κ3) is 4.18. The highest BCUT2D eigenvalue weighted by Crippen LogP contribution is 2.26. The summed E-state index contributed by atoms with van der Waals surface area (Å²) in [5.41, 5.74) is 0.476. The molecule has 7 nitrogen and oxygen atoms in total. The van der Waals surface area contributed by atoms with Gasteiger partial charge in [0, 0.05) is 51.4 Å². The summed E-state index contributed by atoms with van der Waals surface area (Å²) in [5.74, 6) is -1.69. The van der Waals surface area contributed by atoms with Crippen molar-refractivity contribution in [2.45, 2.75) is 19.0 Å². The van der Waals surface area contributed by atoms with Crippen molar-refractivity contribution in [3.05, 3.63) is 23.9 Å². The smallest absolute Gasteiger partial charge is 0.352 e. The van der Waals surface area contributed by atoms with Crippen molar-refractivity contribution in [2.24, 2.45) is 5.92 Å². The van der Waals surface area contributed by atoms with Gasteiger partial charge in [-0.15, -0.1) is 0 Å². The molecule has 0 N–H and O–H groups in total. The van der Waals surface area contributed by atoms with Gasteiger partial charge < -0.3 is 14.7 Å². The van der Waals surface area contributed by atoms with Gasteiger partial charge in [0.05, 0.1) is 5.56 Å². The standard InChI is InChI=1S/C18H20F3N5O2/c19-18(20,21)17(28)26-6-3-13(4-7-26)16(27)25-10-8-24(9-11-25)15-14(12-22)2-1-5-23-15/h1-2,5,13H,3-4,6-11H2. The van der Waals surface area contributed by atoms with Crippen molar-refractivity contribution in [3.8, 4) is 6.07 Å². The van der Waals surface area contributed by atoms with Crippen molar-refractivity contribution in [3.63, 3.8) is 0 Å². The predicted octanol–water partition coefficient (Wildman–Crippen LogP) is 1.40. The molecule has 2 aliphatic heterocycles. The molecule has 0 spiro atoms.